The van der Waals surface area contributed by atoms with Crippen molar-refractivity contribution in [2.75, 3.05) is 17.2 Å². The van der Waals surface area contributed by atoms with E-state index in [0.29, 0.717) is 0 Å². The molecule has 0 atom stereocenters. The molecular formula is C15H14ClFN2. The van der Waals surface area contributed by atoms with Crippen molar-refractivity contribution in [2.45, 2.75) is 13.0 Å². The molecule has 3 rings (SSSR count). The number of rotatable bonds is 2. The van der Waals surface area contributed by atoms with Gasteiger partial charge in [0, 0.05) is 30.0 Å². The van der Waals surface area contributed by atoms with Gasteiger partial charge in [0.1, 0.15) is 5.82 Å². The van der Waals surface area contributed by atoms with E-state index in [1.165, 1.54) is 17.3 Å². The molecule has 0 amide bonds. The molecule has 0 fully saturated rings. The molecule has 98 valence electrons. The number of hydrogen-bond acceptors (Lipinski definition) is 2. The third-order valence-corrected chi connectivity index (χ3v) is 3.81. The van der Waals surface area contributed by atoms with Gasteiger partial charge in [0.2, 0.25) is 0 Å². The minimum absolute atomic E-state index is 0.171. The van der Waals surface area contributed by atoms with Crippen LogP contribution < -0.4 is 10.6 Å². The van der Waals surface area contributed by atoms with E-state index in [4.69, 9.17) is 17.3 Å². The zero-order valence-corrected chi connectivity index (χ0v) is 11.1. The molecular weight excluding hydrogens is 263 g/mol. The molecule has 4 heteroatoms. The Bertz CT molecular complexity index is 628. The van der Waals surface area contributed by atoms with Crippen molar-refractivity contribution in [2.24, 2.45) is 0 Å². The Kier molecular flexibility index (Phi) is 3.07. The second kappa shape index (κ2) is 4.74. The fourth-order valence-electron chi connectivity index (χ4n) is 2.55. The average Bonchev–Trinajstić information content (AvgIpc) is 2.79. The lowest BCUT2D eigenvalue weighted by molar-refractivity contribution is 0.627. The monoisotopic (exact) mass is 276 g/mol. The minimum Gasteiger partial charge on any atom is -0.398 e. The molecule has 1 heterocycles. The van der Waals surface area contributed by atoms with Gasteiger partial charge in [-0.1, -0.05) is 23.7 Å². The van der Waals surface area contributed by atoms with Crippen LogP contribution in [0.15, 0.2) is 36.4 Å². The molecule has 0 aromatic heterocycles. The van der Waals surface area contributed by atoms with Crippen LogP contribution in [0, 0.1) is 5.82 Å². The molecule has 0 saturated carbocycles. The summed E-state index contributed by atoms with van der Waals surface area (Å²) < 4.78 is 13.1. The van der Waals surface area contributed by atoms with E-state index in [2.05, 4.69) is 11.0 Å². The number of hydrogen-bond donors (Lipinski definition) is 1. The molecule has 0 bridgehead atoms. The first-order chi connectivity index (χ1) is 9.15. The predicted octanol–water partition coefficient (Wildman–Crippen LogP) is 3.62. The van der Waals surface area contributed by atoms with Crippen LogP contribution in [-0.4, -0.2) is 6.54 Å². The van der Waals surface area contributed by atoms with Gasteiger partial charge >= 0.3 is 0 Å². The number of nitrogen functional groups attached to an aromatic ring is 1. The molecule has 0 spiro atoms. The molecule has 2 aromatic carbocycles. The quantitative estimate of drug-likeness (QED) is 0.849. The maximum Gasteiger partial charge on any atom is 0.141 e. The fourth-order valence-corrected chi connectivity index (χ4v) is 2.75. The van der Waals surface area contributed by atoms with Crippen molar-refractivity contribution in [1.29, 1.82) is 0 Å². The Hall–Kier alpha value is -1.74. The van der Waals surface area contributed by atoms with Crippen molar-refractivity contribution in [1.82, 2.24) is 0 Å². The Labute approximate surface area is 116 Å². The fraction of sp³-hybridized carbons (Fsp3) is 0.200. The van der Waals surface area contributed by atoms with Crippen molar-refractivity contribution in [3.8, 4) is 0 Å². The van der Waals surface area contributed by atoms with Gasteiger partial charge in [-0.2, -0.15) is 0 Å². The lowest BCUT2D eigenvalue weighted by Gasteiger charge is -2.19. The SMILES string of the molecule is Nc1cccc2c1CCN2Cc1ccc(F)c(Cl)c1. The van der Waals surface area contributed by atoms with Gasteiger partial charge in [-0.3, -0.25) is 0 Å². The molecule has 0 saturated heterocycles. The second-order valence-corrected chi connectivity index (χ2v) is 5.17. The third-order valence-electron chi connectivity index (χ3n) is 3.52. The van der Waals surface area contributed by atoms with E-state index in [1.54, 1.807) is 12.1 Å². The van der Waals surface area contributed by atoms with E-state index < -0.39 is 0 Å². The molecule has 0 unspecified atom stereocenters. The lowest BCUT2D eigenvalue weighted by atomic mass is 10.1. The number of benzene rings is 2. The predicted molar refractivity (Wildman–Crippen MR) is 77.0 cm³/mol. The zero-order chi connectivity index (χ0) is 13.4. The van der Waals surface area contributed by atoms with Gasteiger partial charge < -0.3 is 10.6 Å². The molecule has 19 heavy (non-hydrogen) atoms. The van der Waals surface area contributed by atoms with Crippen LogP contribution in [0.1, 0.15) is 11.1 Å². The van der Waals surface area contributed by atoms with Crippen LogP contribution in [-0.2, 0) is 13.0 Å². The van der Waals surface area contributed by atoms with Crippen LogP contribution in [0.2, 0.25) is 5.02 Å². The number of nitrogens with two attached hydrogens (primary N) is 1. The minimum atomic E-state index is -0.378. The summed E-state index contributed by atoms with van der Waals surface area (Å²) in [5.41, 5.74) is 10.2. The van der Waals surface area contributed by atoms with Gasteiger partial charge in [0.15, 0.2) is 0 Å². The molecule has 0 aliphatic carbocycles. The van der Waals surface area contributed by atoms with Gasteiger partial charge in [-0.25, -0.2) is 4.39 Å². The van der Waals surface area contributed by atoms with Crippen LogP contribution in [0.25, 0.3) is 0 Å². The summed E-state index contributed by atoms with van der Waals surface area (Å²) in [5, 5.41) is 0.171. The summed E-state index contributed by atoms with van der Waals surface area (Å²) in [4.78, 5) is 2.25. The van der Waals surface area contributed by atoms with Crippen molar-refractivity contribution >= 4 is 23.0 Å². The summed E-state index contributed by atoms with van der Waals surface area (Å²) in [7, 11) is 0. The highest BCUT2D eigenvalue weighted by Gasteiger charge is 2.20. The van der Waals surface area contributed by atoms with Gasteiger partial charge in [-0.05, 0) is 36.2 Å². The van der Waals surface area contributed by atoms with Gasteiger partial charge in [0.05, 0.1) is 5.02 Å². The summed E-state index contributed by atoms with van der Waals surface area (Å²) in [6, 6.07) is 10.8. The third kappa shape index (κ3) is 2.26. The molecule has 1 aliphatic heterocycles. The first-order valence-corrected chi connectivity index (χ1v) is 6.59. The van der Waals surface area contributed by atoms with Crippen molar-refractivity contribution < 1.29 is 4.39 Å². The van der Waals surface area contributed by atoms with Gasteiger partial charge in [-0.15, -0.1) is 0 Å². The van der Waals surface area contributed by atoms with Crippen molar-refractivity contribution in [3.63, 3.8) is 0 Å². The Morgan fingerprint density at radius 1 is 1.26 bits per heavy atom. The molecule has 2 N–H and O–H groups in total. The molecule has 2 aromatic rings. The standard InChI is InChI=1S/C15H14ClFN2/c16-12-8-10(4-5-13(12)17)9-19-7-6-11-14(18)2-1-3-15(11)19/h1-5,8H,6-7,9,18H2. The number of nitrogens with zero attached hydrogens (tertiary/aromatic N) is 1. The average molecular weight is 277 g/mol. The Morgan fingerprint density at radius 2 is 2.11 bits per heavy atom. The van der Waals surface area contributed by atoms with E-state index >= 15 is 0 Å². The highest BCUT2D eigenvalue weighted by atomic mass is 35.5. The largest absolute Gasteiger partial charge is 0.398 e. The van der Waals surface area contributed by atoms with Crippen LogP contribution in [0.5, 0.6) is 0 Å². The van der Waals surface area contributed by atoms with Gasteiger partial charge in [0.25, 0.3) is 0 Å². The Morgan fingerprint density at radius 3 is 2.89 bits per heavy atom. The van der Waals surface area contributed by atoms with E-state index in [9.17, 15) is 4.39 Å². The number of anilines is 2. The first-order valence-electron chi connectivity index (χ1n) is 6.21. The topological polar surface area (TPSA) is 29.3 Å². The summed E-state index contributed by atoms with van der Waals surface area (Å²) in [6.07, 6.45) is 0.955. The number of halogens is 2. The smallest absolute Gasteiger partial charge is 0.141 e. The second-order valence-electron chi connectivity index (χ2n) is 4.76. The van der Waals surface area contributed by atoms with Crippen molar-refractivity contribution in [3.05, 3.63) is 58.4 Å². The maximum atomic E-state index is 13.1. The molecule has 0 radical (unpaired) electrons. The van der Waals surface area contributed by atoms with E-state index in [1.807, 2.05) is 12.1 Å². The first kappa shape index (κ1) is 12.3. The summed E-state index contributed by atoms with van der Waals surface area (Å²) in [6.45, 7) is 1.65. The Balaban J connectivity index is 1.86. The normalized spacial score (nSPS) is 13.7. The molecule has 1 aliphatic rings. The van der Waals surface area contributed by atoms with Crippen LogP contribution in [0.3, 0.4) is 0 Å². The van der Waals surface area contributed by atoms with Crippen LogP contribution >= 0.6 is 11.6 Å². The van der Waals surface area contributed by atoms with E-state index in [0.717, 1.165) is 30.8 Å². The summed E-state index contributed by atoms with van der Waals surface area (Å²) in [5.74, 6) is -0.378. The van der Waals surface area contributed by atoms with E-state index in [-0.39, 0.29) is 10.8 Å². The highest BCUT2D eigenvalue weighted by molar-refractivity contribution is 6.30. The summed E-state index contributed by atoms with van der Waals surface area (Å²) >= 11 is 5.81. The molecule has 2 nitrogen and oxygen atoms in total. The van der Waals surface area contributed by atoms with Crippen LogP contribution in [0.4, 0.5) is 15.8 Å². The lowest BCUT2D eigenvalue weighted by Crippen LogP contribution is -2.19. The maximum absolute atomic E-state index is 13.1. The highest BCUT2D eigenvalue weighted by Crippen LogP contribution is 2.33. The zero-order valence-electron chi connectivity index (χ0n) is 10.4. The number of fused-ring (bicyclic) bond motifs is 1.